The number of nitrogens with two attached hydrogens (primary N) is 1. The van der Waals surface area contributed by atoms with Crippen molar-refractivity contribution in [2.24, 2.45) is 5.73 Å². The third-order valence-electron chi connectivity index (χ3n) is 9.47. The Bertz CT molecular complexity index is 2120. The van der Waals surface area contributed by atoms with Crippen molar-refractivity contribution in [2.45, 2.75) is 63.1 Å². The zero-order valence-electron chi connectivity index (χ0n) is 28.8. The van der Waals surface area contributed by atoms with Gasteiger partial charge >= 0.3 is 0 Å². The van der Waals surface area contributed by atoms with Crippen molar-refractivity contribution in [1.29, 1.82) is 5.41 Å². The predicted octanol–water partition coefficient (Wildman–Crippen LogP) is 5.36. The second-order valence-electron chi connectivity index (χ2n) is 13.0. The molecule has 0 bridgehead atoms. The van der Waals surface area contributed by atoms with E-state index in [1.165, 1.54) is 16.4 Å². The molecule has 0 radical (unpaired) electrons. The zero-order chi connectivity index (χ0) is 37.2. The lowest BCUT2D eigenvalue weighted by Gasteiger charge is -2.33. The van der Waals surface area contributed by atoms with Crippen LogP contribution in [0.25, 0.3) is 10.9 Å². The number of sulfonamides is 1. The standard InChI is InChI=1S/C37H40Cl2N6O6S/c1-22-19-23(2)42-35-27(22)5-3-7-31(35)51-20-28-29(38)12-13-32(34(28)39)52(48,49)45-16-4-6-30(45)37(47)43-25-14-17-44(18-15-25)33(46)21-50-26-10-8-24(9-11-26)36(40)41/h3,5,7-13,19,25,30H,4,6,14-18,20-21H2,1-2H3,(H3,40,41)(H,43,47). The summed E-state index contributed by atoms with van der Waals surface area (Å²) in [5.41, 5.74) is 8.93. The number of hydrogen-bond donors (Lipinski definition) is 3. The number of carbonyl (C=O) groups excluding carboxylic acids is 2. The van der Waals surface area contributed by atoms with Gasteiger partial charge in [-0.2, -0.15) is 4.31 Å². The molecule has 0 aliphatic carbocycles. The van der Waals surface area contributed by atoms with Gasteiger partial charge in [-0.15, -0.1) is 0 Å². The number of aromatic nitrogens is 1. The third kappa shape index (κ3) is 7.97. The summed E-state index contributed by atoms with van der Waals surface area (Å²) in [5.74, 6) is 0.386. The number of hydrogen-bond acceptors (Lipinski definition) is 8. The molecule has 52 heavy (non-hydrogen) atoms. The van der Waals surface area contributed by atoms with Crippen molar-refractivity contribution in [3.05, 3.63) is 93.1 Å². The number of amidine groups is 1. The molecular weight excluding hydrogens is 727 g/mol. The number of nitrogens with one attached hydrogen (secondary N) is 2. The largest absolute Gasteiger partial charge is 0.487 e. The van der Waals surface area contributed by atoms with Crippen LogP contribution in [-0.2, 0) is 26.2 Å². The van der Waals surface area contributed by atoms with Crippen LogP contribution in [0.15, 0.2) is 65.6 Å². The van der Waals surface area contributed by atoms with E-state index in [9.17, 15) is 18.0 Å². The molecule has 2 aliphatic heterocycles. The van der Waals surface area contributed by atoms with E-state index in [2.05, 4.69) is 10.3 Å². The van der Waals surface area contributed by atoms with Crippen molar-refractivity contribution in [2.75, 3.05) is 26.2 Å². The lowest BCUT2D eigenvalue weighted by atomic mass is 10.0. The van der Waals surface area contributed by atoms with Crippen molar-refractivity contribution < 1.29 is 27.5 Å². The fourth-order valence-corrected chi connectivity index (χ4v) is 9.20. The lowest BCUT2D eigenvalue weighted by molar-refractivity contribution is -0.134. The second kappa shape index (κ2) is 15.7. The predicted molar refractivity (Wildman–Crippen MR) is 200 cm³/mol. The maximum atomic E-state index is 14.1. The first-order valence-electron chi connectivity index (χ1n) is 17.0. The zero-order valence-corrected chi connectivity index (χ0v) is 31.2. The first kappa shape index (κ1) is 37.3. The number of fused-ring (bicyclic) bond motifs is 1. The highest BCUT2D eigenvalue weighted by atomic mass is 35.5. The van der Waals surface area contributed by atoms with E-state index >= 15 is 0 Å². The van der Waals surface area contributed by atoms with Crippen LogP contribution in [0.3, 0.4) is 0 Å². The average molecular weight is 768 g/mol. The lowest BCUT2D eigenvalue weighted by Crippen LogP contribution is -2.52. The van der Waals surface area contributed by atoms with E-state index in [-0.39, 0.29) is 58.4 Å². The van der Waals surface area contributed by atoms with Gasteiger partial charge in [0.05, 0.1) is 5.02 Å². The molecule has 2 saturated heterocycles. The molecule has 3 aromatic carbocycles. The second-order valence-corrected chi connectivity index (χ2v) is 15.7. The normalized spacial score (nSPS) is 16.9. The van der Waals surface area contributed by atoms with Crippen LogP contribution >= 0.6 is 23.2 Å². The molecule has 0 saturated carbocycles. The molecule has 1 unspecified atom stereocenters. The molecule has 1 aromatic heterocycles. The quantitative estimate of drug-likeness (QED) is 0.136. The van der Waals surface area contributed by atoms with Crippen molar-refractivity contribution in [1.82, 2.24) is 19.5 Å². The first-order chi connectivity index (χ1) is 24.8. The van der Waals surface area contributed by atoms with Crippen LogP contribution in [-0.4, -0.2) is 78.6 Å². The van der Waals surface area contributed by atoms with Gasteiger partial charge in [0.1, 0.15) is 40.4 Å². The third-order valence-corrected chi connectivity index (χ3v) is 12.3. The monoisotopic (exact) mass is 766 g/mol. The molecule has 0 spiro atoms. The van der Waals surface area contributed by atoms with E-state index in [1.807, 2.05) is 32.0 Å². The number of halogens is 2. The van der Waals surface area contributed by atoms with E-state index in [0.29, 0.717) is 66.9 Å². The number of aryl methyl sites for hydroxylation is 2. The van der Waals surface area contributed by atoms with E-state index in [0.717, 1.165) is 16.6 Å². The van der Waals surface area contributed by atoms with Crippen molar-refractivity contribution in [3.63, 3.8) is 0 Å². The summed E-state index contributed by atoms with van der Waals surface area (Å²) >= 11 is 13.3. The number of carbonyl (C=O) groups is 2. The van der Waals surface area contributed by atoms with Crippen LogP contribution < -0.4 is 20.5 Å². The number of para-hydroxylation sites is 1. The molecule has 6 rings (SSSR count). The summed E-state index contributed by atoms with van der Waals surface area (Å²) < 4.78 is 41.1. The summed E-state index contributed by atoms with van der Waals surface area (Å²) in [6.07, 6.45) is 1.90. The topological polar surface area (TPSA) is 168 Å². The van der Waals surface area contributed by atoms with Gasteiger partial charge in [0.15, 0.2) is 6.61 Å². The Balaban J connectivity index is 1.07. The molecule has 3 heterocycles. The van der Waals surface area contributed by atoms with Crippen LogP contribution in [0.5, 0.6) is 11.5 Å². The van der Waals surface area contributed by atoms with Gasteiger partial charge in [-0.25, -0.2) is 13.4 Å². The van der Waals surface area contributed by atoms with Gasteiger partial charge in [-0.05, 0) is 93.6 Å². The average Bonchev–Trinajstić information content (AvgIpc) is 3.63. The smallest absolute Gasteiger partial charge is 0.260 e. The van der Waals surface area contributed by atoms with Gasteiger partial charge in [-0.3, -0.25) is 15.0 Å². The van der Waals surface area contributed by atoms with Gasteiger partial charge < -0.3 is 25.4 Å². The number of amides is 2. The number of ether oxygens (including phenoxy) is 2. The number of nitrogens with zero attached hydrogens (tertiary/aromatic N) is 3. The maximum absolute atomic E-state index is 14.1. The number of rotatable bonds is 11. The van der Waals surface area contributed by atoms with Crippen LogP contribution in [0.2, 0.25) is 10.0 Å². The minimum Gasteiger partial charge on any atom is -0.487 e. The highest BCUT2D eigenvalue weighted by molar-refractivity contribution is 7.89. The van der Waals surface area contributed by atoms with Crippen LogP contribution in [0, 0.1) is 19.3 Å². The minimum atomic E-state index is -4.20. The SMILES string of the molecule is Cc1cc(C)c2cccc(OCc3c(Cl)ccc(S(=O)(=O)N4CCCC4C(=O)NC4CCN(C(=O)COc5ccc(C(=N)N)cc5)CC4)c3Cl)c2n1. The first-order valence-corrected chi connectivity index (χ1v) is 19.2. The molecule has 1 atom stereocenters. The minimum absolute atomic E-state index is 0.0532. The number of nitrogen functional groups attached to an aromatic ring is 1. The summed E-state index contributed by atoms with van der Waals surface area (Å²) in [6.45, 7) is 4.66. The Morgan fingerprint density at radius 3 is 2.44 bits per heavy atom. The Hall–Kier alpha value is -4.43. The van der Waals surface area contributed by atoms with E-state index in [1.54, 1.807) is 35.2 Å². The molecule has 4 N–H and O–H groups in total. The number of piperidine rings is 1. The molecule has 2 fully saturated rings. The molecule has 12 nitrogen and oxygen atoms in total. The Labute approximate surface area is 312 Å². The van der Waals surface area contributed by atoms with Gasteiger partial charge in [0, 0.05) is 52.9 Å². The molecular formula is C37H40Cl2N6O6S. The maximum Gasteiger partial charge on any atom is 0.260 e. The Morgan fingerprint density at radius 1 is 1.00 bits per heavy atom. The van der Waals surface area contributed by atoms with Gasteiger partial charge in [0.25, 0.3) is 5.91 Å². The molecule has 4 aromatic rings. The number of pyridine rings is 1. The van der Waals surface area contributed by atoms with Crippen LogP contribution in [0.4, 0.5) is 0 Å². The fourth-order valence-electron chi connectivity index (χ4n) is 6.68. The highest BCUT2D eigenvalue weighted by Gasteiger charge is 2.41. The fraction of sp³-hybridized carbons (Fsp3) is 0.351. The van der Waals surface area contributed by atoms with Crippen molar-refractivity contribution >= 4 is 61.8 Å². The summed E-state index contributed by atoms with van der Waals surface area (Å²) in [5, 5.41) is 11.6. The van der Waals surface area contributed by atoms with E-state index in [4.69, 9.17) is 43.8 Å². The molecule has 15 heteroatoms. The highest BCUT2D eigenvalue weighted by Crippen LogP contribution is 2.37. The summed E-state index contributed by atoms with van der Waals surface area (Å²) in [4.78, 5) is 32.5. The number of likely N-dealkylation sites (tertiary alicyclic amines) is 1. The van der Waals surface area contributed by atoms with E-state index < -0.39 is 16.1 Å². The Kier molecular flexibility index (Phi) is 11.2. The number of benzene rings is 3. The van der Waals surface area contributed by atoms with Crippen LogP contribution in [0.1, 0.15) is 48.1 Å². The molecule has 2 amide bonds. The summed E-state index contributed by atoms with van der Waals surface area (Å²) in [7, 11) is -4.20. The summed E-state index contributed by atoms with van der Waals surface area (Å²) in [6, 6.07) is 15.9. The molecule has 2 aliphatic rings. The Morgan fingerprint density at radius 2 is 1.73 bits per heavy atom. The van der Waals surface area contributed by atoms with Gasteiger partial charge in [0.2, 0.25) is 15.9 Å². The van der Waals surface area contributed by atoms with Crippen molar-refractivity contribution in [3.8, 4) is 11.5 Å². The molecule has 274 valence electrons. The van der Waals surface area contributed by atoms with Gasteiger partial charge in [-0.1, -0.05) is 35.3 Å².